The standard InChI is InChI=1S/C16H29N5/c1-6-17-15-12(4)16(20-13(5)19-15)18-9-14-7-8-21(10-14)11(2)3/h11,14H,6-10H2,1-5H3,(H2,17,18,19,20). The van der Waals surface area contributed by atoms with E-state index in [1.54, 1.807) is 0 Å². The van der Waals surface area contributed by atoms with Crippen molar-refractivity contribution in [2.45, 2.75) is 47.1 Å². The van der Waals surface area contributed by atoms with Gasteiger partial charge in [-0.1, -0.05) is 0 Å². The van der Waals surface area contributed by atoms with Gasteiger partial charge in [0.25, 0.3) is 0 Å². The summed E-state index contributed by atoms with van der Waals surface area (Å²) in [7, 11) is 0. The Kier molecular flexibility index (Phi) is 5.39. The molecule has 2 rings (SSSR count). The van der Waals surface area contributed by atoms with Crippen LogP contribution in [-0.2, 0) is 0 Å². The SMILES string of the molecule is CCNc1nc(C)nc(NCC2CCN(C(C)C)C2)c1C. The lowest BCUT2D eigenvalue weighted by molar-refractivity contribution is 0.266. The number of aromatic nitrogens is 2. The van der Waals surface area contributed by atoms with Gasteiger partial charge >= 0.3 is 0 Å². The minimum atomic E-state index is 0.651. The number of hydrogen-bond donors (Lipinski definition) is 2. The quantitative estimate of drug-likeness (QED) is 0.844. The van der Waals surface area contributed by atoms with Gasteiger partial charge in [0, 0.05) is 31.2 Å². The molecule has 0 aliphatic carbocycles. The Morgan fingerprint density at radius 1 is 1.19 bits per heavy atom. The summed E-state index contributed by atoms with van der Waals surface area (Å²) in [6.45, 7) is 14.9. The number of likely N-dealkylation sites (tertiary alicyclic amines) is 1. The summed E-state index contributed by atoms with van der Waals surface area (Å²) in [5.41, 5.74) is 1.11. The Balaban J connectivity index is 1.97. The first kappa shape index (κ1) is 16.0. The van der Waals surface area contributed by atoms with Gasteiger partial charge in [-0.25, -0.2) is 9.97 Å². The third-order valence-electron chi connectivity index (χ3n) is 4.21. The molecule has 5 heteroatoms. The lowest BCUT2D eigenvalue weighted by Gasteiger charge is -2.20. The maximum atomic E-state index is 4.55. The summed E-state index contributed by atoms with van der Waals surface area (Å²) in [4.78, 5) is 11.6. The van der Waals surface area contributed by atoms with Crippen molar-refractivity contribution in [1.29, 1.82) is 0 Å². The fourth-order valence-electron chi connectivity index (χ4n) is 2.88. The lowest BCUT2D eigenvalue weighted by atomic mass is 10.1. The molecule has 21 heavy (non-hydrogen) atoms. The highest BCUT2D eigenvalue weighted by Gasteiger charge is 2.24. The van der Waals surface area contributed by atoms with Crippen LogP contribution in [0, 0.1) is 19.8 Å². The largest absolute Gasteiger partial charge is 0.370 e. The molecule has 1 aromatic heterocycles. The number of aryl methyl sites for hydroxylation is 1. The van der Waals surface area contributed by atoms with Gasteiger partial charge in [-0.05, 0) is 53.5 Å². The van der Waals surface area contributed by atoms with Crippen molar-refractivity contribution in [2.75, 3.05) is 36.8 Å². The fraction of sp³-hybridized carbons (Fsp3) is 0.750. The molecular weight excluding hydrogens is 262 g/mol. The van der Waals surface area contributed by atoms with Gasteiger partial charge in [0.05, 0.1) is 0 Å². The predicted octanol–water partition coefficient (Wildman–Crippen LogP) is 2.67. The molecule has 2 N–H and O–H groups in total. The van der Waals surface area contributed by atoms with Crippen LogP contribution in [0.1, 0.15) is 38.6 Å². The Bertz CT molecular complexity index is 472. The molecule has 1 atom stereocenters. The van der Waals surface area contributed by atoms with Crippen LogP contribution in [0.5, 0.6) is 0 Å². The van der Waals surface area contributed by atoms with Gasteiger partial charge in [0.15, 0.2) is 0 Å². The summed E-state index contributed by atoms with van der Waals surface area (Å²) < 4.78 is 0. The van der Waals surface area contributed by atoms with E-state index in [1.807, 2.05) is 6.92 Å². The van der Waals surface area contributed by atoms with Gasteiger partial charge in [0.2, 0.25) is 0 Å². The molecule has 0 spiro atoms. The Labute approximate surface area is 128 Å². The monoisotopic (exact) mass is 291 g/mol. The van der Waals surface area contributed by atoms with Crippen LogP contribution < -0.4 is 10.6 Å². The molecule has 1 unspecified atom stereocenters. The molecule has 2 heterocycles. The van der Waals surface area contributed by atoms with Crippen LogP contribution in [0.25, 0.3) is 0 Å². The second-order valence-electron chi connectivity index (χ2n) is 6.25. The number of anilines is 2. The maximum Gasteiger partial charge on any atom is 0.134 e. The third kappa shape index (κ3) is 4.06. The van der Waals surface area contributed by atoms with Crippen LogP contribution in [0.3, 0.4) is 0 Å². The van der Waals surface area contributed by atoms with Gasteiger partial charge in [-0.2, -0.15) is 0 Å². The van der Waals surface area contributed by atoms with Gasteiger partial charge in [-0.3, -0.25) is 0 Å². The zero-order valence-corrected chi connectivity index (χ0v) is 14.0. The second kappa shape index (κ2) is 7.07. The highest BCUT2D eigenvalue weighted by molar-refractivity contribution is 5.57. The first-order chi connectivity index (χ1) is 10.0. The van der Waals surface area contributed by atoms with Crippen molar-refractivity contribution in [3.8, 4) is 0 Å². The number of rotatable bonds is 6. The molecule has 1 saturated heterocycles. The predicted molar refractivity (Wildman–Crippen MR) is 89.0 cm³/mol. The van der Waals surface area contributed by atoms with Crippen molar-refractivity contribution in [2.24, 2.45) is 5.92 Å². The molecule has 0 aromatic carbocycles. The second-order valence-corrected chi connectivity index (χ2v) is 6.25. The summed E-state index contributed by atoms with van der Waals surface area (Å²) in [6, 6.07) is 0.651. The maximum absolute atomic E-state index is 4.55. The summed E-state index contributed by atoms with van der Waals surface area (Å²) in [5, 5.41) is 6.84. The lowest BCUT2D eigenvalue weighted by Crippen LogP contribution is -2.29. The van der Waals surface area contributed by atoms with E-state index < -0.39 is 0 Å². The molecule has 1 aliphatic heterocycles. The van der Waals surface area contributed by atoms with Crippen LogP contribution >= 0.6 is 0 Å². The zero-order chi connectivity index (χ0) is 15.4. The van der Waals surface area contributed by atoms with Crippen molar-refractivity contribution < 1.29 is 0 Å². The first-order valence-electron chi connectivity index (χ1n) is 8.08. The highest BCUT2D eigenvalue weighted by Crippen LogP contribution is 2.22. The molecule has 0 saturated carbocycles. The molecular formula is C16H29N5. The molecule has 118 valence electrons. The van der Waals surface area contributed by atoms with E-state index >= 15 is 0 Å². The Morgan fingerprint density at radius 2 is 1.86 bits per heavy atom. The summed E-state index contributed by atoms with van der Waals surface area (Å²) >= 11 is 0. The zero-order valence-electron chi connectivity index (χ0n) is 14.0. The van der Waals surface area contributed by atoms with Crippen LogP contribution in [0.15, 0.2) is 0 Å². The topological polar surface area (TPSA) is 53.1 Å². The average Bonchev–Trinajstić information content (AvgIpc) is 2.90. The molecule has 5 nitrogen and oxygen atoms in total. The van der Waals surface area contributed by atoms with Crippen molar-refractivity contribution in [1.82, 2.24) is 14.9 Å². The normalized spacial score (nSPS) is 19.2. The number of nitrogens with zero attached hydrogens (tertiary/aromatic N) is 3. The van der Waals surface area contributed by atoms with Crippen molar-refractivity contribution in [3.05, 3.63) is 11.4 Å². The molecule has 0 radical (unpaired) electrons. The van der Waals surface area contributed by atoms with Crippen molar-refractivity contribution >= 4 is 11.6 Å². The number of nitrogens with one attached hydrogen (secondary N) is 2. The Hall–Kier alpha value is -1.36. The molecule has 1 aromatic rings. The molecule has 0 amide bonds. The highest BCUT2D eigenvalue weighted by atomic mass is 15.2. The Morgan fingerprint density at radius 3 is 2.43 bits per heavy atom. The van der Waals surface area contributed by atoms with Gasteiger partial charge < -0.3 is 15.5 Å². The smallest absolute Gasteiger partial charge is 0.134 e. The third-order valence-corrected chi connectivity index (χ3v) is 4.21. The van der Waals surface area contributed by atoms with Gasteiger partial charge in [-0.15, -0.1) is 0 Å². The van der Waals surface area contributed by atoms with E-state index in [0.717, 1.165) is 36.1 Å². The molecule has 0 bridgehead atoms. The molecule has 1 fully saturated rings. The minimum Gasteiger partial charge on any atom is -0.370 e. The van der Waals surface area contributed by atoms with E-state index in [0.29, 0.717) is 12.0 Å². The summed E-state index contributed by atoms with van der Waals surface area (Å²) in [6.07, 6.45) is 1.27. The van der Waals surface area contributed by atoms with E-state index in [9.17, 15) is 0 Å². The van der Waals surface area contributed by atoms with Crippen LogP contribution in [-0.4, -0.2) is 47.1 Å². The van der Waals surface area contributed by atoms with E-state index in [-0.39, 0.29) is 0 Å². The fourth-order valence-corrected chi connectivity index (χ4v) is 2.88. The summed E-state index contributed by atoms with van der Waals surface area (Å²) in [5.74, 6) is 3.45. The van der Waals surface area contributed by atoms with Crippen molar-refractivity contribution in [3.63, 3.8) is 0 Å². The molecule has 1 aliphatic rings. The number of hydrogen-bond acceptors (Lipinski definition) is 5. The van der Waals surface area contributed by atoms with E-state index in [1.165, 1.54) is 19.5 Å². The first-order valence-corrected chi connectivity index (χ1v) is 8.08. The van der Waals surface area contributed by atoms with Crippen LogP contribution in [0.4, 0.5) is 11.6 Å². The van der Waals surface area contributed by atoms with Gasteiger partial charge in [0.1, 0.15) is 17.5 Å². The minimum absolute atomic E-state index is 0.651. The van der Waals surface area contributed by atoms with E-state index in [2.05, 4.69) is 53.2 Å². The van der Waals surface area contributed by atoms with E-state index in [4.69, 9.17) is 0 Å². The van der Waals surface area contributed by atoms with Crippen LogP contribution in [0.2, 0.25) is 0 Å². The average molecular weight is 291 g/mol.